The van der Waals surface area contributed by atoms with Gasteiger partial charge in [-0.15, -0.1) is 0 Å². The molecule has 1 heterocycles. The molecule has 106 valence electrons. The molecule has 0 radical (unpaired) electrons. The minimum atomic E-state index is -0.904. The van der Waals surface area contributed by atoms with Crippen molar-refractivity contribution >= 4 is 11.5 Å². The van der Waals surface area contributed by atoms with E-state index in [0.717, 1.165) is 23.2 Å². The van der Waals surface area contributed by atoms with Gasteiger partial charge in [-0.25, -0.2) is 4.79 Å². The molecule has 0 aliphatic heterocycles. The summed E-state index contributed by atoms with van der Waals surface area (Å²) in [7, 11) is 0. The summed E-state index contributed by atoms with van der Waals surface area (Å²) in [6.45, 7) is 4.33. The number of carboxylic acids is 1. The first kappa shape index (κ1) is 13.6. The fraction of sp³-hybridized carbons (Fsp3) is 0.222. The van der Waals surface area contributed by atoms with Crippen molar-refractivity contribution in [1.82, 2.24) is 4.98 Å². The second kappa shape index (κ2) is 5.17. The van der Waals surface area contributed by atoms with Crippen molar-refractivity contribution in [3.8, 4) is 11.1 Å². The molecule has 3 heteroatoms. The molecule has 0 saturated carbocycles. The Hall–Kier alpha value is -2.42. The molecule has 1 aliphatic rings. The third-order valence-electron chi connectivity index (χ3n) is 4.01. The van der Waals surface area contributed by atoms with Gasteiger partial charge in [0, 0.05) is 17.7 Å². The van der Waals surface area contributed by atoms with Gasteiger partial charge in [0.15, 0.2) is 0 Å². The molecule has 0 spiro atoms. The van der Waals surface area contributed by atoms with Crippen molar-refractivity contribution in [2.75, 3.05) is 0 Å². The van der Waals surface area contributed by atoms with Crippen LogP contribution < -0.4 is 0 Å². The van der Waals surface area contributed by atoms with Crippen LogP contribution in [0.3, 0.4) is 0 Å². The Morgan fingerprint density at radius 3 is 2.57 bits per heavy atom. The molecule has 1 unspecified atom stereocenters. The number of aromatic nitrogens is 1. The lowest BCUT2D eigenvalue weighted by atomic mass is 9.99. The van der Waals surface area contributed by atoms with Gasteiger partial charge in [0.2, 0.25) is 0 Å². The highest BCUT2D eigenvalue weighted by atomic mass is 16.4. The molecular formula is C18H17NO2. The van der Waals surface area contributed by atoms with E-state index >= 15 is 0 Å². The quantitative estimate of drug-likeness (QED) is 0.908. The summed E-state index contributed by atoms with van der Waals surface area (Å²) >= 11 is 0. The Morgan fingerprint density at radius 1 is 1.24 bits per heavy atom. The van der Waals surface area contributed by atoms with Crippen molar-refractivity contribution in [1.29, 1.82) is 0 Å². The van der Waals surface area contributed by atoms with Crippen molar-refractivity contribution in [3.05, 3.63) is 59.4 Å². The van der Waals surface area contributed by atoms with E-state index < -0.39 is 5.97 Å². The number of hydrogen-bond donors (Lipinski definition) is 1. The van der Waals surface area contributed by atoms with E-state index in [2.05, 4.69) is 31.0 Å². The molecule has 1 atom stereocenters. The lowest BCUT2D eigenvalue weighted by molar-refractivity contribution is 0.0697. The maximum Gasteiger partial charge on any atom is 0.335 e. The lowest BCUT2D eigenvalue weighted by Crippen LogP contribution is -1.96. The molecule has 3 nitrogen and oxygen atoms in total. The summed E-state index contributed by atoms with van der Waals surface area (Å²) < 4.78 is 0. The number of nitrogens with zero attached hydrogens (tertiary/aromatic N) is 1. The standard InChI is InChI=1S/C18H17NO2/c1-3-12-8-11(2)16-9-15(10-19-17(12)16)13-4-6-14(7-5-13)18(20)21/h4-11H,3H2,1-2H3,(H,20,21). The highest BCUT2D eigenvalue weighted by Crippen LogP contribution is 2.37. The van der Waals surface area contributed by atoms with Gasteiger partial charge in [-0.05, 0) is 41.3 Å². The van der Waals surface area contributed by atoms with Crippen LogP contribution in [0.2, 0.25) is 0 Å². The second-order valence-electron chi connectivity index (χ2n) is 5.38. The number of pyridine rings is 1. The van der Waals surface area contributed by atoms with Gasteiger partial charge < -0.3 is 5.11 Å². The molecule has 0 fully saturated rings. The number of carboxylic acid groups (broad SMARTS) is 1. The van der Waals surface area contributed by atoms with Crippen LogP contribution in [0.1, 0.15) is 47.8 Å². The molecule has 1 aromatic heterocycles. The van der Waals surface area contributed by atoms with E-state index in [1.807, 2.05) is 18.3 Å². The SMILES string of the molecule is CCC1=CC(C)c2cc(-c3ccc(C(=O)O)cc3)cnc21. The zero-order valence-corrected chi connectivity index (χ0v) is 12.1. The first-order valence-electron chi connectivity index (χ1n) is 7.15. The number of carbonyl (C=O) groups is 1. The van der Waals surface area contributed by atoms with Crippen LogP contribution in [0.4, 0.5) is 0 Å². The Kier molecular flexibility index (Phi) is 3.34. The van der Waals surface area contributed by atoms with Gasteiger partial charge >= 0.3 is 5.97 Å². The molecule has 0 amide bonds. The normalized spacial score (nSPS) is 16.5. The Bertz CT molecular complexity index is 729. The van der Waals surface area contributed by atoms with Gasteiger partial charge in [-0.2, -0.15) is 0 Å². The predicted octanol–water partition coefficient (Wildman–Crippen LogP) is 4.36. The van der Waals surface area contributed by atoms with Gasteiger partial charge in [0.05, 0.1) is 11.3 Å². The number of allylic oxidation sites excluding steroid dienone is 2. The van der Waals surface area contributed by atoms with Gasteiger partial charge in [0.1, 0.15) is 0 Å². The number of aromatic carboxylic acids is 1. The van der Waals surface area contributed by atoms with Crippen molar-refractivity contribution in [3.63, 3.8) is 0 Å². The van der Waals surface area contributed by atoms with E-state index in [-0.39, 0.29) is 0 Å². The summed E-state index contributed by atoms with van der Waals surface area (Å²) in [5.74, 6) is -0.514. The predicted molar refractivity (Wildman–Crippen MR) is 83.3 cm³/mol. The van der Waals surface area contributed by atoms with Crippen LogP contribution in [-0.4, -0.2) is 16.1 Å². The van der Waals surface area contributed by atoms with Gasteiger partial charge in [-0.1, -0.05) is 32.1 Å². The van der Waals surface area contributed by atoms with Crippen LogP contribution in [-0.2, 0) is 0 Å². The minimum absolute atomic E-state index is 0.302. The maximum atomic E-state index is 10.9. The molecule has 1 aromatic carbocycles. The summed E-state index contributed by atoms with van der Waals surface area (Å²) in [6, 6.07) is 9.09. The molecular weight excluding hydrogens is 262 g/mol. The van der Waals surface area contributed by atoms with Crippen LogP contribution in [0.5, 0.6) is 0 Å². The zero-order valence-electron chi connectivity index (χ0n) is 12.1. The van der Waals surface area contributed by atoms with Gasteiger partial charge in [-0.3, -0.25) is 4.98 Å². The average molecular weight is 279 g/mol. The van der Waals surface area contributed by atoms with E-state index in [4.69, 9.17) is 5.11 Å². The topological polar surface area (TPSA) is 50.2 Å². The van der Waals surface area contributed by atoms with E-state index in [0.29, 0.717) is 11.5 Å². The summed E-state index contributed by atoms with van der Waals surface area (Å²) in [5.41, 5.74) is 6.00. The molecule has 0 saturated heterocycles. The third kappa shape index (κ3) is 2.35. The van der Waals surface area contributed by atoms with E-state index in [1.54, 1.807) is 12.1 Å². The number of rotatable bonds is 3. The monoisotopic (exact) mass is 279 g/mol. The van der Waals surface area contributed by atoms with Crippen molar-refractivity contribution in [2.24, 2.45) is 0 Å². The number of hydrogen-bond acceptors (Lipinski definition) is 2. The Labute approximate surface area is 124 Å². The number of benzene rings is 1. The number of fused-ring (bicyclic) bond motifs is 1. The molecule has 1 N–H and O–H groups in total. The Balaban J connectivity index is 1.99. The highest BCUT2D eigenvalue weighted by Gasteiger charge is 2.21. The smallest absolute Gasteiger partial charge is 0.335 e. The summed E-state index contributed by atoms with van der Waals surface area (Å²) in [5, 5.41) is 8.94. The van der Waals surface area contributed by atoms with Crippen LogP contribution in [0.15, 0.2) is 42.6 Å². The fourth-order valence-corrected chi connectivity index (χ4v) is 2.82. The average Bonchev–Trinajstić information content (AvgIpc) is 2.83. The van der Waals surface area contributed by atoms with E-state index in [1.165, 1.54) is 11.1 Å². The van der Waals surface area contributed by atoms with Crippen molar-refractivity contribution in [2.45, 2.75) is 26.2 Å². The second-order valence-corrected chi connectivity index (χ2v) is 5.38. The summed E-state index contributed by atoms with van der Waals surface area (Å²) in [6.07, 6.45) is 5.14. The molecule has 0 bridgehead atoms. The minimum Gasteiger partial charge on any atom is -0.478 e. The maximum absolute atomic E-state index is 10.9. The first-order chi connectivity index (χ1) is 10.1. The highest BCUT2D eigenvalue weighted by molar-refractivity contribution is 5.88. The molecule has 2 aromatic rings. The third-order valence-corrected chi connectivity index (χ3v) is 4.01. The molecule has 3 rings (SSSR count). The van der Waals surface area contributed by atoms with Gasteiger partial charge in [0.25, 0.3) is 0 Å². The first-order valence-corrected chi connectivity index (χ1v) is 7.15. The zero-order chi connectivity index (χ0) is 15.0. The fourth-order valence-electron chi connectivity index (χ4n) is 2.82. The summed E-state index contributed by atoms with van der Waals surface area (Å²) in [4.78, 5) is 15.5. The largest absolute Gasteiger partial charge is 0.478 e. The van der Waals surface area contributed by atoms with Crippen LogP contribution in [0.25, 0.3) is 16.7 Å². The van der Waals surface area contributed by atoms with Crippen LogP contribution in [0, 0.1) is 0 Å². The van der Waals surface area contributed by atoms with Crippen LogP contribution >= 0.6 is 0 Å². The van der Waals surface area contributed by atoms with E-state index in [9.17, 15) is 4.79 Å². The lowest BCUT2D eigenvalue weighted by Gasteiger charge is -2.09. The molecule has 21 heavy (non-hydrogen) atoms. The Morgan fingerprint density at radius 2 is 1.95 bits per heavy atom. The van der Waals surface area contributed by atoms with Crippen molar-refractivity contribution < 1.29 is 9.90 Å². The molecule has 1 aliphatic carbocycles.